The molecule has 2 heteroatoms. The molecule has 1 rings (SSSR count). The van der Waals surface area contributed by atoms with Gasteiger partial charge in [0.2, 0.25) is 0 Å². The Morgan fingerprint density at radius 1 is 1.64 bits per heavy atom. The van der Waals surface area contributed by atoms with E-state index in [1.807, 2.05) is 6.07 Å². The van der Waals surface area contributed by atoms with Crippen molar-refractivity contribution in [1.82, 2.24) is 4.98 Å². The Kier molecular flexibility index (Phi) is 2.95. The number of hydrogen-bond acceptors (Lipinski definition) is 1. The molecule has 0 aliphatic rings. The van der Waals surface area contributed by atoms with E-state index in [9.17, 15) is 0 Å². The smallest absolute Gasteiger partial charge is 0.0439 e. The first kappa shape index (κ1) is 8.10. The molecule has 0 saturated heterocycles. The fourth-order valence-electron chi connectivity index (χ4n) is 0.786. The summed E-state index contributed by atoms with van der Waals surface area (Å²) in [4.78, 5) is 4.10. The van der Waals surface area contributed by atoms with Crippen molar-refractivity contribution in [1.29, 1.82) is 0 Å². The topological polar surface area (TPSA) is 12.9 Å². The van der Waals surface area contributed by atoms with Gasteiger partial charge in [-0.25, -0.2) is 0 Å². The fourth-order valence-corrected chi connectivity index (χ4v) is 0.968. The summed E-state index contributed by atoms with van der Waals surface area (Å²) >= 11 is 5.73. The van der Waals surface area contributed by atoms with Crippen molar-refractivity contribution in [3.8, 4) is 12.3 Å². The van der Waals surface area contributed by atoms with Gasteiger partial charge < -0.3 is 0 Å². The number of aromatic nitrogens is 1. The minimum Gasteiger partial charge on any atom is -0.261 e. The first-order chi connectivity index (χ1) is 5.33. The summed E-state index contributed by atoms with van der Waals surface area (Å²) in [5.41, 5.74) is 0.954. The molecule has 0 aliphatic heterocycles. The molecule has 0 radical (unpaired) electrons. The Balaban J connectivity index is 2.65. The third-order valence-corrected chi connectivity index (χ3v) is 1.54. The molecule has 1 aromatic heterocycles. The first-order valence-corrected chi connectivity index (χ1v) is 3.74. The number of aryl methyl sites for hydroxylation is 1. The lowest BCUT2D eigenvalue weighted by atomic mass is 10.2. The molecule has 0 unspecified atom stereocenters. The van der Waals surface area contributed by atoms with Gasteiger partial charge in [0.05, 0.1) is 0 Å². The van der Waals surface area contributed by atoms with E-state index in [1.54, 1.807) is 12.3 Å². The highest BCUT2D eigenvalue weighted by Gasteiger charge is 1.92. The van der Waals surface area contributed by atoms with Crippen LogP contribution in [-0.4, -0.2) is 4.98 Å². The number of terminal acetylenes is 1. The van der Waals surface area contributed by atoms with Crippen LogP contribution in [0.5, 0.6) is 0 Å². The zero-order valence-corrected chi connectivity index (χ0v) is 6.80. The lowest BCUT2D eigenvalue weighted by Gasteiger charge is -1.95. The van der Waals surface area contributed by atoms with Gasteiger partial charge in [-0.2, -0.15) is 0 Å². The molecule has 0 N–H and O–H groups in total. The molecule has 0 aromatic carbocycles. The molecular formula is C9H8ClN. The van der Waals surface area contributed by atoms with Gasteiger partial charge >= 0.3 is 0 Å². The summed E-state index contributed by atoms with van der Waals surface area (Å²) in [5, 5.41) is 0.715. The third kappa shape index (κ3) is 2.61. The quantitative estimate of drug-likeness (QED) is 0.613. The Bertz CT molecular complexity index is 275. The zero-order valence-electron chi connectivity index (χ0n) is 6.05. The minimum absolute atomic E-state index is 0.715. The lowest BCUT2D eigenvalue weighted by molar-refractivity contribution is 0.963. The van der Waals surface area contributed by atoms with Crippen molar-refractivity contribution in [3.63, 3.8) is 0 Å². The van der Waals surface area contributed by atoms with Gasteiger partial charge in [0.15, 0.2) is 0 Å². The molecule has 0 saturated carbocycles. The van der Waals surface area contributed by atoms with Crippen LogP contribution in [0, 0.1) is 12.3 Å². The molecular weight excluding hydrogens is 158 g/mol. The van der Waals surface area contributed by atoms with Crippen LogP contribution >= 0.6 is 11.6 Å². The second-order valence-electron chi connectivity index (χ2n) is 2.17. The Hall–Kier alpha value is -1.00. The standard InChI is InChI=1S/C9H8ClN/c1-2-3-4-9-7-8(10)5-6-11-9/h1,5-7H,3-4H2. The fraction of sp³-hybridized carbons (Fsp3) is 0.222. The van der Waals surface area contributed by atoms with Crippen LogP contribution in [0.1, 0.15) is 12.1 Å². The first-order valence-electron chi connectivity index (χ1n) is 3.37. The molecule has 1 aromatic rings. The van der Waals surface area contributed by atoms with Gasteiger partial charge in [-0.3, -0.25) is 4.98 Å². The zero-order chi connectivity index (χ0) is 8.10. The predicted molar refractivity (Wildman–Crippen MR) is 46.4 cm³/mol. The summed E-state index contributed by atoms with van der Waals surface area (Å²) in [6, 6.07) is 3.58. The van der Waals surface area contributed by atoms with E-state index in [1.165, 1.54) is 0 Å². The van der Waals surface area contributed by atoms with Crippen molar-refractivity contribution in [2.45, 2.75) is 12.8 Å². The summed E-state index contributed by atoms with van der Waals surface area (Å²) in [7, 11) is 0. The number of rotatable bonds is 2. The van der Waals surface area contributed by atoms with Crippen LogP contribution in [0.3, 0.4) is 0 Å². The maximum absolute atomic E-state index is 5.73. The lowest BCUT2D eigenvalue weighted by Crippen LogP contribution is -1.87. The average Bonchev–Trinajstić information content (AvgIpc) is 2.01. The monoisotopic (exact) mass is 165 g/mol. The molecule has 0 spiro atoms. The molecule has 0 amide bonds. The van der Waals surface area contributed by atoms with E-state index < -0.39 is 0 Å². The Labute approximate surface area is 71.4 Å². The van der Waals surface area contributed by atoms with Crippen LogP contribution in [0.2, 0.25) is 5.02 Å². The van der Waals surface area contributed by atoms with E-state index in [0.29, 0.717) is 11.4 Å². The van der Waals surface area contributed by atoms with E-state index in [-0.39, 0.29) is 0 Å². The highest BCUT2D eigenvalue weighted by atomic mass is 35.5. The summed E-state index contributed by atoms with van der Waals surface area (Å²) in [5.74, 6) is 2.55. The molecule has 0 atom stereocenters. The van der Waals surface area contributed by atoms with Gasteiger partial charge in [-0.15, -0.1) is 12.3 Å². The largest absolute Gasteiger partial charge is 0.261 e. The van der Waals surface area contributed by atoms with Crippen molar-refractivity contribution < 1.29 is 0 Å². The number of nitrogens with zero attached hydrogens (tertiary/aromatic N) is 1. The van der Waals surface area contributed by atoms with Crippen LogP contribution < -0.4 is 0 Å². The number of halogens is 1. The maximum atomic E-state index is 5.73. The second-order valence-corrected chi connectivity index (χ2v) is 2.61. The highest BCUT2D eigenvalue weighted by molar-refractivity contribution is 6.30. The molecule has 56 valence electrons. The third-order valence-electron chi connectivity index (χ3n) is 1.30. The molecule has 1 nitrogen and oxygen atoms in total. The van der Waals surface area contributed by atoms with Crippen LogP contribution in [0.4, 0.5) is 0 Å². The van der Waals surface area contributed by atoms with Crippen LogP contribution in [0.15, 0.2) is 18.3 Å². The van der Waals surface area contributed by atoms with Crippen molar-refractivity contribution in [2.24, 2.45) is 0 Å². The molecule has 0 aliphatic carbocycles. The normalized spacial score (nSPS) is 9.09. The van der Waals surface area contributed by atoms with Crippen LogP contribution in [0.25, 0.3) is 0 Å². The average molecular weight is 166 g/mol. The van der Waals surface area contributed by atoms with E-state index in [2.05, 4.69) is 10.9 Å². The summed E-state index contributed by atoms with van der Waals surface area (Å²) in [6.07, 6.45) is 8.31. The SMILES string of the molecule is C#CCCc1cc(Cl)ccn1. The van der Waals surface area contributed by atoms with Gasteiger partial charge in [0.25, 0.3) is 0 Å². The van der Waals surface area contributed by atoms with E-state index in [4.69, 9.17) is 18.0 Å². The van der Waals surface area contributed by atoms with Gasteiger partial charge in [0, 0.05) is 29.8 Å². The Morgan fingerprint density at radius 3 is 3.09 bits per heavy atom. The predicted octanol–water partition coefficient (Wildman–Crippen LogP) is 2.30. The summed E-state index contributed by atoms with van der Waals surface area (Å²) < 4.78 is 0. The molecule has 11 heavy (non-hydrogen) atoms. The number of hydrogen-bond donors (Lipinski definition) is 0. The van der Waals surface area contributed by atoms with Crippen LogP contribution in [-0.2, 0) is 6.42 Å². The molecule has 1 heterocycles. The van der Waals surface area contributed by atoms with Gasteiger partial charge in [0.1, 0.15) is 0 Å². The highest BCUT2D eigenvalue weighted by Crippen LogP contribution is 2.08. The molecule has 0 bridgehead atoms. The van der Waals surface area contributed by atoms with Gasteiger partial charge in [-0.05, 0) is 12.1 Å². The Morgan fingerprint density at radius 2 is 2.45 bits per heavy atom. The summed E-state index contributed by atoms with van der Waals surface area (Å²) in [6.45, 7) is 0. The van der Waals surface area contributed by atoms with Crippen molar-refractivity contribution in [3.05, 3.63) is 29.0 Å². The number of pyridine rings is 1. The van der Waals surface area contributed by atoms with Gasteiger partial charge in [-0.1, -0.05) is 11.6 Å². The second kappa shape index (κ2) is 4.00. The van der Waals surface area contributed by atoms with Crippen molar-refractivity contribution >= 4 is 11.6 Å². The van der Waals surface area contributed by atoms with E-state index in [0.717, 1.165) is 12.1 Å². The maximum Gasteiger partial charge on any atom is 0.0439 e. The molecule has 0 fully saturated rings. The van der Waals surface area contributed by atoms with E-state index >= 15 is 0 Å². The minimum atomic E-state index is 0.715. The van der Waals surface area contributed by atoms with Crippen molar-refractivity contribution in [2.75, 3.05) is 0 Å².